The molecule has 1 aromatic heterocycles. The first-order valence-electron chi connectivity index (χ1n) is 5.90. The summed E-state index contributed by atoms with van der Waals surface area (Å²) in [5.41, 5.74) is 0.858. The van der Waals surface area contributed by atoms with Crippen LogP contribution < -0.4 is 5.32 Å². The average Bonchev–Trinajstić information content (AvgIpc) is 3.01. The lowest BCUT2D eigenvalue weighted by Crippen LogP contribution is -2.16. The first-order valence-corrected chi connectivity index (χ1v) is 6.72. The van der Waals surface area contributed by atoms with Crippen LogP contribution in [0.15, 0.2) is 6.07 Å². The molecule has 1 aliphatic rings. The van der Waals surface area contributed by atoms with Crippen LogP contribution in [0.3, 0.4) is 0 Å². The molecule has 0 aliphatic heterocycles. The van der Waals surface area contributed by atoms with E-state index in [1.54, 1.807) is 11.3 Å². The Morgan fingerprint density at radius 1 is 1.44 bits per heavy atom. The monoisotopic (exact) mass is 279 g/mol. The third-order valence-corrected chi connectivity index (χ3v) is 3.83. The van der Waals surface area contributed by atoms with Gasteiger partial charge in [0.05, 0.1) is 6.61 Å². The lowest BCUT2D eigenvalue weighted by atomic mass is 10.2. The number of rotatable bonds is 6. The predicted octanol–water partition coefficient (Wildman–Crippen LogP) is 3.39. The second kappa shape index (κ2) is 5.59. The Kier molecular flexibility index (Phi) is 4.29. The van der Waals surface area contributed by atoms with Gasteiger partial charge in [-0.25, -0.2) is 0 Å². The quantitative estimate of drug-likeness (QED) is 0.862. The third kappa shape index (κ3) is 4.59. The molecule has 1 heterocycles. The van der Waals surface area contributed by atoms with Crippen LogP contribution in [0.1, 0.15) is 28.2 Å². The van der Waals surface area contributed by atoms with Crippen LogP contribution in [-0.2, 0) is 17.9 Å². The highest BCUT2D eigenvalue weighted by Crippen LogP contribution is 2.25. The molecule has 6 heteroatoms. The lowest BCUT2D eigenvalue weighted by Gasteiger charge is -2.06. The lowest BCUT2D eigenvalue weighted by molar-refractivity contribution is -0.176. The fourth-order valence-corrected chi connectivity index (χ4v) is 2.63. The minimum Gasteiger partial charge on any atom is -0.367 e. The highest BCUT2D eigenvalue weighted by molar-refractivity contribution is 7.12. The normalized spacial score (nSPS) is 16.2. The van der Waals surface area contributed by atoms with E-state index in [4.69, 9.17) is 0 Å². The summed E-state index contributed by atoms with van der Waals surface area (Å²) in [6.45, 7) is 1.57. The smallest absolute Gasteiger partial charge is 0.367 e. The summed E-state index contributed by atoms with van der Waals surface area (Å²) in [5.74, 6) is 0. The van der Waals surface area contributed by atoms with E-state index >= 15 is 0 Å². The van der Waals surface area contributed by atoms with Crippen molar-refractivity contribution in [3.63, 3.8) is 0 Å². The third-order valence-electron chi connectivity index (χ3n) is 2.74. The van der Waals surface area contributed by atoms with Crippen LogP contribution in [0.2, 0.25) is 0 Å². The number of hydrogen-bond donors (Lipinski definition) is 1. The highest BCUT2D eigenvalue weighted by Gasteiger charge is 2.27. The van der Waals surface area contributed by atoms with Gasteiger partial charge in [0.2, 0.25) is 0 Å². The van der Waals surface area contributed by atoms with Gasteiger partial charge in [-0.05, 0) is 31.4 Å². The molecule has 2 nitrogen and oxygen atoms in total. The summed E-state index contributed by atoms with van der Waals surface area (Å²) in [6.07, 6.45) is -1.79. The molecule has 1 N–H and O–H groups in total. The number of alkyl halides is 3. The number of nitrogens with one attached hydrogen (secondary N) is 1. The van der Waals surface area contributed by atoms with E-state index in [0.29, 0.717) is 6.04 Å². The molecule has 0 atom stereocenters. The van der Waals surface area contributed by atoms with E-state index in [2.05, 4.69) is 10.1 Å². The van der Waals surface area contributed by atoms with Crippen LogP contribution in [0.5, 0.6) is 0 Å². The molecular formula is C12H16F3NOS. The van der Waals surface area contributed by atoms with Gasteiger partial charge in [-0.2, -0.15) is 13.2 Å². The summed E-state index contributed by atoms with van der Waals surface area (Å²) in [5, 5.41) is 3.38. The van der Waals surface area contributed by atoms with Gasteiger partial charge in [-0.3, -0.25) is 0 Å². The van der Waals surface area contributed by atoms with Crippen LogP contribution in [0.4, 0.5) is 13.2 Å². The number of halogens is 3. The number of hydrogen-bond acceptors (Lipinski definition) is 3. The molecule has 0 spiro atoms. The van der Waals surface area contributed by atoms with Crippen LogP contribution in [-0.4, -0.2) is 18.8 Å². The topological polar surface area (TPSA) is 21.3 Å². The minimum absolute atomic E-state index is 0.0330. The molecule has 2 rings (SSSR count). The molecule has 0 bridgehead atoms. The molecular weight excluding hydrogens is 263 g/mol. The molecule has 102 valence electrons. The molecule has 0 aromatic carbocycles. The Hall–Kier alpha value is -0.590. The van der Waals surface area contributed by atoms with Crippen LogP contribution in [0, 0.1) is 6.92 Å². The maximum atomic E-state index is 11.9. The van der Waals surface area contributed by atoms with Gasteiger partial charge >= 0.3 is 6.18 Å². The fourth-order valence-electron chi connectivity index (χ4n) is 1.63. The molecule has 18 heavy (non-hydrogen) atoms. The fraction of sp³-hybridized carbons (Fsp3) is 0.667. The van der Waals surface area contributed by atoms with Gasteiger partial charge in [0.25, 0.3) is 0 Å². The molecule has 1 saturated carbocycles. The maximum Gasteiger partial charge on any atom is 0.411 e. The Bertz CT molecular complexity index is 399. The first-order chi connectivity index (χ1) is 8.44. The zero-order valence-corrected chi connectivity index (χ0v) is 11.0. The molecule has 0 unspecified atom stereocenters. The van der Waals surface area contributed by atoms with Gasteiger partial charge in [0, 0.05) is 22.3 Å². The summed E-state index contributed by atoms with van der Waals surface area (Å²) in [7, 11) is 0. The van der Waals surface area contributed by atoms with Crippen LogP contribution >= 0.6 is 11.3 Å². The van der Waals surface area contributed by atoms with Crippen molar-refractivity contribution in [2.24, 2.45) is 0 Å². The second-order valence-electron chi connectivity index (χ2n) is 4.56. The van der Waals surface area contributed by atoms with Crippen molar-refractivity contribution in [2.75, 3.05) is 6.61 Å². The van der Waals surface area contributed by atoms with Crippen molar-refractivity contribution in [3.8, 4) is 0 Å². The molecule has 1 fully saturated rings. The summed E-state index contributed by atoms with van der Waals surface area (Å²) < 4.78 is 40.5. The maximum absolute atomic E-state index is 11.9. The SMILES string of the molecule is Cc1sc(CNC2CC2)cc1COCC(F)(F)F. The van der Waals surface area contributed by atoms with Crippen molar-refractivity contribution < 1.29 is 17.9 Å². The zero-order valence-electron chi connectivity index (χ0n) is 10.1. The Morgan fingerprint density at radius 3 is 2.78 bits per heavy atom. The van der Waals surface area contributed by atoms with E-state index in [0.717, 1.165) is 21.9 Å². The van der Waals surface area contributed by atoms with Crippen molar-refractivity contribution in [2.45, 2.75) is 45.1 Å². The molecule has 1 aromatic rings. The molecule has 0 amide bonds. The van der Waals surface area contributed by atoms with Crippen molar-refractivity contribution in [1.29, 1.82) is 0 Å². The van der Waals surface area contributed by atoms with E-state index in [-0.39, 0.29) is 6.61 Å². The molecule has 0 radical (unpaired) electrons. The zero-order chi connectivity index (χ0) is 13.2. The van der Waals surface area contributed by atoms with Crippen molar-refractivity contribution in [1.82, 2.24) is 5.32 Å². The highest BCUT2D eigenvalue weighted by atomic mass is 32.1. The summed E-state index contributed by atoms with van der Waals surface area (Å²) in [6, 6.07) is 2.57. The number of aryl methyl sites for hydroxylation is 1. The Balaban J connectivity index is 1.80. The first kappa shape index (κ1) is 13.8. The van der Waals surface area contributed by atoms with Gasteiger partial charge in [-0.1, -0.05) is 0 Å². The van der Waals surface area contributed by atoms with Gasteiger partial charge in [0.1, 0.15) is 6.61 Å². The summed E-state index contributed by atoms with van der Waals surface area (Å²) >= 11 is 1.62. The van der Waals surface area contributed by atoms with Gasteiger partial charge < -0.3 is 10.1 Å². The second-order valence-corrected chi connectivity index (χ2v) is 5.90. The molecule has 0 saturated heterocycles. The Morgan fingerprint density at radius 2 is 2.17 bits per heavy atom. The minimum atomic E-state index is -4.25. The van der Waals surface area contributed by atoms with E-state index in [1.165, 1.54) is 12.8 Å². The Labute approximate surface area is 108 Å². The number of ether oxygens (including phenoxy) is 1. The summed E-state index contributed by atoms with van der Waals surface area (Å²) in [4.78, 5) is 2.19. The standard InChI is InChI=1S/C12H16F3NOS/c1-8-9(6-17-7-12(13,14)15)4-11(18-8)5-16-10-2-3-10/h4,10,16H,2-3,5-7H2,1H3. The van der Waals surface area contributed by atoms with E-state index in [9.17, 15) is 13.2 Å². The average molecular weight is 279 g/mol. The largest absolute Gasteiger partial charge is 0.411 e. The van der Waals surface area contributed by atoms with Crippen LogP contribution in [0.25, 0.3) is 0 Å². The van der Waals surface area contributed by atoms with Gasteiger partial charge in [-0.15, -0.1) is 11.3 Å². The molecule has 1 aliphatic carbocycles. The van der Waals surface area contributed by atoms with Crippen molar-refractivity contribution in [3.05, 3.63) is 21.4 Å². The predicted molar refractivity (Wildman–Crippen MR) is 64.6 cm³/mol. The van der Waals surface area contributed by atoms with E-state index < -0.39 is 12.8 Å². The van der Waals surface area contributed by atoms with Crippen molar-refractivity contribution >= 4 is 11.3 Å². The van der Waals surface area contributed by atoms with E-state index in [1.807, 2.05) is 13.0 Å². The number of thiophene rings is 1. The van der Waals surface area contributed by atoms with Gasteiger partial charge in [0.15, 0.2) is 0 Å².